The molecule has 294 valence electrons. The molecule has 4 aliphatic carbocycles. The number of hydrazine groups is 1. The summed E-state index contributed by atoms with van der Waals surface area (Å²) in [5, 5.41) is 67.5. The van der Waals surface area contributed by atoms with Crippen LogP contribution in [0.1, 0.15) is 78.1 Å². The average Bonchev–Trinajstić information content (AvgIpc) is 3.72. The van der Waals surface area contributed by atoms with Crippen molar-refractivity contribution in [2.24, 2.45) is 29.1 Å². The number of aliphatic hydroxyl groups is 3. The first-order valence-electron chi connectivity index (χ1n) is 19.6. The minimum Gasteiger partial charge on any atom is -0.507 e. The Bertz CT molecular complexity index is 2100. The number of rotatable bonds is 5. The number of hydrogen-bond donors (Lipinski definition) is 8. The molecule has 3 saturated carbocycles. The second kappa shape index (κ2) is 12.2. The van der Waals surface area contributed by atoms with Crippen LogP contribution in [0, 0.1) is 36.0 Å². The van der Waals surface area contributed by atoms with Gasteiger partial charge in [0.25, 0.3) is 0 Å². The third kappa shape index (κ3) is 4.71. The van der Waals surface area contributed by atoms with Gasteiger partial charge in [0.1, 0.15) is 41.2 Å². The lowest BCUT2D eigenvalue weighted by molar-refractivity contribution is -0.327. The van der Waals surface area contributed by atoms with Crippen LogP contribution < -0.4 is 15.6 Å². The number of phenolic OH excluding ortho intramolecular Hbond substituents is 2. The lowest BCUT2D eigenvalue weighted by Crippen LogP contribution is -2.79. The molecule has 8 N–H and O–H groups in total. The summed E-state index contributed by atoms with van der Waals surface area (Å²) in [4.78, 5) is 24.8. The number of carboxylic acids is 1. The molecule has 12 atom stereocenters. The van der Waals surface area contributed by atoms with E-state index in [9.17, 15) is 40.2 Å². The van der Waals surface area contributed by atoms with Gasteiger partial charge in [-0.05, 0) is 98.5 Å². The maximum Gasteiger partial charge on any atom is 0.335 e. The molecule has 55 heavy (non-hydrogen) atoms. The number of carboxylic acid groups (broad SMARTS) is 1. The Labute approximate surface area is 317 Å². The van der Waals surface area contributed by atoms with Crippen molar-refractivity contribution in [2.45, 2.75) is 101 Å². The van der Waals surface area contributed by atoms with Crippen LogP contribution in [-0.2, 0) is 14.2 Å². The Morgan fingerprint density at radius 3 is 2.69 bits per heavy atom. The third-order valence-corrected chi connectivity index (χ3v) is 15.0. The first-order valence-corrected chi connectivity index (χ1v) is 19.6. The van der Waals surface area contributed by atoms with Crippen molar-refractivity contribution in [2.75, 3.05) is 26.4 Å². The highest BCUT2D eigenvalue weighted by atomic mass is 16.7. The van der Waals surface area contributed by atoms with Crippen molar-refractivity contribution in [1.29, 1.82) is 0 Å². The fraction of sp³-hybridized carbons (Fsp3) is 0.610. The summed E-state index contributed by atoms with van der Waals surface area (Å²) in [7, 11) is 0. The summed E-state index contributed by atoms with van der Waals surface area (Å²) in [6.45, 7) is 3.55. The largest absolute Gasteiger partial charge is 0.507 e. The standard InChI is InChI=1S/C41H48N2O12/c1-17-29(18(2)45)34(47)31-23(33(17)46)8-20(37(50)51)9-26(31)54-38-35(48)36(49)41(28(12-44)55-38)11-25-30-19(14-53-41)5-6-22(30)24-15-52-13-21-10-39-7-3-4-27(39)42-43-40(25,16-39)32(21)24/h6,8-9,21,24-25,27-28,32,35-36,38,42-44,46-49H,3-5,7,10-16H2,1-2H3,(H,50,51)/t21-,24+,25+,27-,28+,32-,35+,36+,38+,39+,40-,41+/m0/s1. The number of aromatic carboxylic acids is 1. The minimum absolute atomic E-state index is 0.0530. The first-order chi connectivity index (χ1) is 26.3. The van der Waals surface area contributed by atoms with E-state index in [1.807, 2.05) is 0 Å². The number of phenols is 2. The maximum absolute atomic E-state index is 12.6. The zero-order valence-electron chi connectivity index (χ0n) is 30.8. The van der Waals surface area contributed by atoms with Gasteiger partial charge in [0, 0.05) is 41.0 Å². The van der Waals surface area contributed by atoms with E-state index in [0.29, 0.717) is 31.6 Å². The van der Waals surface area contributed by atoms with Gasteiger partial charge in [0.15, 0.2) is 5.78 Å². The van der Waals surface area contributed by atoms with Crippen molar-refractivity contribution in [3.05, 3.63) is 51.6 Å². The monoisotopic (exact) mass is 760 g/mol. The number of hydrogen-bond acceptors (Lipinski definition) is 13. The molecule has 6 fully saturated rings. The molecule has 2 aromatic rings. The number of benzene rings is 2. The van der Waals surface area contributed by atoms with Crippen molar-refractivity contribution < 1.29 is 59.2 Å². The van der Waals surface area contributed by atoms with Gasteiger partial charge in [-0.2, -0.15) is 0 Å². The summed E-state index contributed by atoms with van der Waals surface area (Å²) >= 11 is 0. The van der Waals surface area contributed by atoms with Crippen LogP contribution in [0.3, 0.4) is 0 Å². The molecule has 4 heterocycles. The second-order valence-electron chi connectivity index (χ2n) is 17.5. The van der Waals surface area contributed by atoms with Crippen LogP contribution in [0.4, 0.5) is 0 Å². The van der Waals surface area contributed by atoms with Crippen LogP contribution in [-0.4, -0.2) is 111 Å². The van der Waals surface area contributed by atoms with E-state index in [4.69, 9.17) is 18.9 Å². The van der Waals surface area contributed by atoms with E-state index in [-0.39, 0.29) is 69.4 Å². The Kier molecular flexibility index (Phi) is 7.94. The smallest absolute Gasteiger partial charge is 0.335 e. The Morgan fingerprint density at radius 2 is 1.93 bits per heavy atom. The summed E-state index contributed by atoms with van der Waals surface area (Å²) in [6.07, 6.45) is 2.39. The number of fused-ring (bicyclic) bond motifs is 2. The van der Waals surface area contributed by atoms with Crippen molar-refractivity contribution in [3.8, 4) is 17.2 Å². The zero-order chi connectivity index (χ0) is 38.3. The van der Waals surface area contributed by atoms with Gasteiger partial charge in [-0.25, -0.2) is 4.79 Å². The molecular formula is C41H48N2O12. The molecule has 0 aromatic heterocycles. The van der Waals surface area contributed by atoms with E-state index in [1.54, 1.807) is 0 Å². The number of allylic oxidation sites excluding steroid dienone is 1. The number of carbonyl (C=O) groups excluding carboxylic acids is 1. The van der Waals surface area contributed by atoms with Crippen LogP contribution in [0.5, 0.6) is 17.2 Å². The van der Waals surface area contributed by atoms with E-state index >= 15 is 0 Å². The lowest BCUT2D eigenvalue weighted by Gasteiger charge is -2.68. The molecule has 0 radical (unpaired) electrons. The van der Waals surface area contributed by atoms with Gasteiger partial charge in [0.2, 0.25) is 6.29 Å². The first kappa shape index (κ1) is 35.8. The number of aromatic hydroxyl groups is 2. The van der Waals surface area contributed by atoms with Crippen LogP contribution >= 0.6 is 0 Å². The quantitative estimate of drug-likeness (QED) is 0.163. The predicted molar refractivity (Wildman–Crippen MR) is 193 cm³/mol. The van der Waals surface area contributed by atoms with Crippen molar-refractivity contribution in [1.82, 2.24) is 10.9 Å². The molecular weight excluding hydrogens is 712 g/mol. The second-order valence-corrected chi connectivity index (χ2v) is 17.5. The van der Waals surface area contributed by atoms with E-state index in [1.165, 1.54) is 25.0 Å². The fourth-order valence-corrected chi connectivity index (χ4v) is 12.9. The van der Waals surface area contributed by atoms with E-state index in [2.05, 4.69) is 16.9 Å². The average molecular weight is 761 g/mol. The lowest BCUT2D eigenvalue weighted by atomic mass is 9.43. The van der Waals surface area contributed by atoms with Crippen molar-refractivity contribution >= 4 is 22.5 Å². The van der Waals surface area contributed by atoms with Gasteiger partial charge in [0.05, 0.1) is 36.3 Å². The van der Waals surface area contributed by atoms with E-state index < -0.39 is 65.6 Å². The molecule has 2 aromatic carbocycles. The fourth-order valence-electron chi connectivity index (χ4n) is 12.9. The minimum atomic E-state index is -1.78. The van der Waals surface area contributed by atoms with Crippen molar-refractivity contribution in [3.63, 3.8) is 0 Å². The molecule has 0 unspecified atom stereocenters. The summed E-state index contributed by atoms with van der Waals surface area (Å²) in [5.41, 5.74) is 9.00. The van der Waals surface area contributed by atoms with Crippen LogP contribution in [0.2, 0.25) is 0 Å². The van der Waals surface area contributed by atoms with Gasteiger partial charge >= 0.3 is 5.97 Å². The third-order valence-electron chi connectivity index (χ3n) is 15.0. The number of carbonyl (C=O) groups is 2. The Morgan fingerprint density at radius 1 is 1.11 bits per heavy atom. The molecule has 0 amide bonds. The molecule has 2 bridgehead atoms. The molecule has 8 aliphatic rings. The molecule has 14 nitrogen and oxygen atoms in total. The van der Waals surface area contributed by atoms with Gasteiger partial charge in [-0.3, -0.25) is 15.6 Å². The van der Waals surface area contributed by atoms with Crippen LogP contribution in [0.25, 0.3) is 10.8 Å². The van der Waals surface area contributed by atoms with Crippen LogP contribution in [0.15, 0.2) is 34.9 Å². The predicted octanol–water partition coefficient (Wildman–Crippen LogP) is 2.75. The Hall–Kier alpha value is -3.60. The number of ether oxygens (including phenoxy) is 4. The summed E-state index contributed by atoms with van der Waals surface area (Å²) in [6, 6.07) is 2.59. The number of Topliss-reactive ketones (excluding diaryl/α,β-unsaturated/α-hetero) is 1. The highest BCUT2D eigenvalue weighted by Gasteiger charge is 2.71. The summed E-state index contributed by atoms with van der Waals surface area (Å²) in [5.74, 6) is -2.55. The molecule has 10 rings (SSSR count). The Balaban J connectivity index is 1.05. The zero-order valence-corrected chi connectivity index (χ0v) is 30.8. The van der Waals surface area contributed by atoms with Gasteiger partial charge < -0.3 is 49.6 Å². The topological polar surface area (TPSA) is 216 Å². The molecule has 14 heteroatoms. The van der Waals surface area contributed by atoms with Gasteiger partial charge in [-0.15, -0.1) is 0 Å². The summed E-state index contributed by atoms with van der Waals surface area (Å²) < 4.78 is 25.6. The van der Waals surface area contributed by atoms with E-state index in [0.717, 1.165) is 49.8 Å². The maximum atomic E-state index is 12.6. The normalized spacial score (nSPS) is 41.3. The SMILES string of the molecule is CC(=O)c1c(C)c(O)c2cc(C(=O)O)cc(O[C@@H]3O[C@H](CO)[C@]4(C[C@@H]5C6=C(CC=C6[C@H]6COC[C@@H]7C[C@@]89CCC[C@@H]8NN[C@]5(C9)[C@@H]76)CO4)[C@H](O)[C@H]3O)c2c1O. The highest BCUT2D eigenvalue weighted by molar-refractivity contribution is 6.11. The number of nitrogens with one attached hydrogen (secondary N) is 2. The molecule has 3 saturated heterocycles. The molecule has 4 aliphatic heterocycles. The highest BCUT2D eigenvalue weighted by Crippen LogP contribution is 2.68. The number of ketones is 1. The molecule has 3 spiro atoms. The van der Waals surface area contributed by atoms with Gasteiger partial charge in [-0.1, -0.05) is 12.5 Å². The number of aliphatic hydroxyl groups excluding tert-OH is 3.